The Bertz CT molecular complexity index is 982. The third-order valence-electron chi connectivity index (χ3n) is 6.80. The number of hydrogen-bond acceptors (Lipinski definition) is 7. The molecule has 212 valence electrons. The molecule has 0 aliphatic carbocycles. The highest BCUT2D eigenvalue weighted by atomic mass is 16.6. The SMILES string of the molecule is Cc1cc(N2CCN(C3CCN(C(=O)OC(C)(C)C)CC3)CC2)ccc1C(=O)NCCC(=O)OC(C)(C)C. The van der Waals surface area contributed by atoms with Crippen LogP contribution >= 0.6 is 0 Å². The van der Waals surface area contributed by atoms with Crippen LogP contribution in [0.2, 0.25) is 0 Å². The summed E-state index contributed by atoms with van der Waals surface area (Å²) in [5, 5.41) is 2.83. The summed E-state index contributed by atoms with van der Waals surface area (Å²) in [5.41, 5.74) is 1.65. The zero-order valence-corrected chi connectivity index (χ0v) is 24.3. The molecule has 3 rings (SSSR count). The number of piperazine rings is 1. The molecule has 1 aromatic carbocycles. The molecule has 2 aliphatic heterocycles. The lowest BCUT2D eigenvalue weighted by Crippen LogP contribution is -2.54. The Balaban J connectivity index is 1.44. The van der Waals surface area contributed by atoms with Crippen LogP contribution in [-0.2, 0) is 14.3 Å². The van der Waals surface area contributed by atoms with Gasteiger partial charge in [-0.25, -0.2) is 4.79 Å². The normalized spacial score (nSPS) is 17.8. The van der Waals surface area contributed by atoms with Gasteiger partial charge >= 0.3 is 12.1 Å². The minimum atomic E-state index is -0.529. The lowest BCUT2D eigenvalue weighted by molar-refractivity contribution is -0.154. The average molecular weight is 531 g/mol. The molecule has 9 nitrogen and oxygen atoms in total. The molecule has 38 heavy (non-hydrogen) atoms. The highest BCUT2D eigenvalue weighted by Gasteiger charge is 2.31. The summed E-state index contributed by atoms with van der Waals surface area (Å²) in [6.07, 6.45) is 1.87. The molecular weight excluding hydrogens is 484 g/mol. The quantitative estimate of drug-likeness (QED) is 0.557. The molecule has 2 aliphatic rings. The molecule has 0 radical (unpaired) electrons. The second-order valence-corrected chi connectivity index (χ2v) is 12.3. The van der Waals surface area contributed by atoms with Crippen LogP contribution in [0.1, 0.15) is 76.7 Å². The van der Waals surface area contributed by atoms with Crippen LogP contribution in [0.25, 0.3) is 0 Å². The van der Waals surface area contributed by atoms with Crippen LogP contribution < -0.4 is 10.2 Å². The van der Waals surface area contributed by atoms with Crippen molar-refractivity contribution in [3.05, 3.63) is 29.3 Å². The Morgan fingerprint density at radius 1 is 0.895 bits per heavy atom. The number of carbonyl (C=O) groups excluding carboxylic acids is 3. The van der Waals surface area contributed by atoms with Gasteiger partial charge in [0, 0.05) is 63.1 Å². The number of aryl methyl sites for hydroxylation is 1. The van der Waals surface area contributed by atoms with Crippen molar-refractivity contribution in [2.45, 2.75) is 85.0 Å². The van der Waals surface area contributed by atoms with Crippen molar-refractivity contribution in [3.63, 3.8) is 0 Å². The number of carbonyl (C=O) groups is 3. The fourth-order valence-electron chi connectivity index (χ4n) is 4.95. The average Bonchev–Trinajstić information content (AvgIpc) is 2.82. The number of rotatable bonds is 6. The highest BCUT2D eigenvalue weighted by Crippen LogP contribution is 2.24. The van der Waals surface area contributed by atoms with Crippen molar-refractivity contribution in [2.75, 3.05) is 50.7 Å². The van der Waals surface area contributed by atoms with Gasteiger partial charge in [0.25, 0.3) is 5.91 Å². The number of nitrogens with one attached hydrogen (secondary N) is 1. The largest absolute Gasteiger partial charge is 0.460 e. The molecule has 1 N–H and O–H groups in total. The van der Waals surface area contributed by atoms with Crippen LogP contribution in [0.3, 0.4) is 0 Å². The third kappa shape index (κ3) is 8.89. The van der Waals surface area contributed by atoms with Gasteiger partial charge in [0.2, 0.25) is 0 Å². The lowest BCUT2D eigenvalue weighted by atomic mass is 10.0. The van der Waals surface area contributed by atoms with Gasteiger partial charge in [0.05, 0.1) is 6.42 Å². The van der Waals surface area contributed by atoms with Crippen molar-refractivity contribution in [1.82, 2.24) is 15.1 Å². The Morgan fingerprint density at radius 2 is 1.50 bits per heavy atom. The van der Waals surface area contributed by atoms with Crippen LogP contribution in [0.5, 0.6) is 0 Å². The fourth-order valence-corrected chi connectivity index (χ4v) is 4.95. The smallest absolute Gasteiger partial charge is 0.410 e. The molecule has 0 atom stereocenters. The number of esters is 1. The van der Waals surface area contributed by atoms with E-state index in [1.165, 1.54) is 0 Å². The second kappa shape index (κ2) is 12.4. The predicted molar refractivity (Wildman–Crippen MR) is 149 cm³/mol. The summed E-state index contributed by atoms with van der Waals surface area (Å²) in [5.74, 6) is -0.502. The molecule has 0 bridgehead atoms. The van der Waals surface area contributed by atoms with E-state index >= 15 is 0 Å². The van der Waals surface area contributed by atoms with Gasteiger partial charge in [-0.2, -0.15) is 0 Å². The Hall–Kier alpha value is -2.81. The van der Waals surface area contributed by atoms with Gasteiger partial charge in [-0.1, -0.05) is 0 Å². The number of hydrogen-bond donors (Lipinski definition) is 1. The molecule has 2 heterocycles. The minimum Gasteiger partial charge on any atom is -0.460 e. The third-order valence-corrected chi connectivity index (χ3v) is 6.80. The summed E-state index contributed by atoms with van der Waals surface area (Å²) < 4.78 is 10.8. The molecule has 2 saturated heterocycles. The summed E-state index contributed by atoms with van der Waals surface area (Å²) >= 11 is 0. The molecule has 0 aromatic heterocycles. The van der Waals surface area contributed by atoms with Crippen LogP contribution in [-0.4, -0.2) is 90.8 Å². The van der Waals surface area contributed by atoms with E-state index in [2.05, 4.69) is 21.2 Å². The Kier molecular flexibility index (Phi) is 9.68. The molecular formula is C29H46N4O5. The van der Waals surface area contributed by atoms with Gasteiger partial charge in [0.15, 0.2) is 0 Å². The Morgan fingerprint density at radius 3 is 2.05 bits per heavy atom. The first kappa shape index (κ1) is 29.7. The maximum atomic E-state index is 12.7. The zero-order chi connectivity index (χ0) is 28.1. The van der Waals surface area contributed by atoms with Crippen molar-refractivity contribution in [3.8, 4) is 0 Å². The van der Waals surface area contributed by atoms with Gasteiger partial charge < -0.3 is 24.6 Å². The van der Waals surface area contributed by atoms with Gasteiger partial charge in [-0.3, -0.25) is 14.5 Å². The lowest BCUT2D eigenvalue weighted by Gasteiger charge is -2.43. The summed E-state index contributed by atoms with van der Waals surface area (Å²) in [7, 11) is 0. The monoisotopic (exact) mass is 530 g/mol. The first-order valence-corrected chi connectivity index (χ1v) is 13.8. The van der Waals surface area contributed by atoms with E-state index in [1.807, 2.05) is 65.5 Å². The van der Waals surface area contributed by atoms with E-state index in [0.717, 1.165) is 63.4 Å². The zero-order valence-electron chi connectivity index (χ0n) is 24.3. The molecule has 2 amide bonds. The van der Waals surface area contributed by atoms with Crippen LogP contribution in [0.15, 0.2) is 18.2 Å². The molecule has 0 saturated carbocycles. The van der Waals surface area contributed by atoms with Crippen molar-refractivity contribution in [2.24, 2.45) is 0 Å². The number of anilines is 1. The second-order valence-electron chi connectivity index (χ2n) is 12.3. The molecule has 2 fully saturated rings. The fraction of sp³-hybridized carbons (Fsp3) is 0.690. The van der Waals surface area contributed by atoms with Crippen LogP contribution in [0.4, 0.5) is 10.5 Å². The number of amides is 2. The maximum absolute atomic E-state index is 12.7. The van der Waals surface area contributed by atoms with Crippen molar-refractivity contribution < 1.29 is 23.9 Å². The van der Waals surface area contributed by atoms with Gasteiger partial charge in [0.1, 0.15) is 11.2 Å². The van der Waals surface area contributed by atoms with E-state index < -0.39 is 11.2 Å². The number of piperidine rings is 1. The summed E-state index contributed by atoms with van der Waals surface area (Å²) in [4.78, 5) is 43.6. The van der Waals surface area contributed by atoms with E-state index in [0.29, 0.717) is 11.6 Å². The number of ether oxygens (including phenoxy) is 2. The minimum absolute atomic E-state index is 0.143. The molecule has 1 aromatic rings. The van der Waals surface area contributed by atoms with Gasteiger partial charge in [-0.15, -0.1) is 0 Å². The molecule has 0 unspecified atom stereocenters. The van der Waals surface area contributed by atoms with Crippen molar-refractivity contribution in [1.29, 1.82) is 0 Å². The first-order chi connectivity index (χ1) is 17.7. The van der Waals surface area contributed by atoms with Gasteiger partial charge in [-0.05, 0) is 85.1 Å². The number of likely N-dealkylation sites (tertiary alicyclic amines) is 1. The first-order valence-electron chi connectivity index (χ1n) is 13.8. The summed E-state index contributed by atoms with van der Waals surface area (Å²) in [6.45, 7) is 18.6. The van der Waals surface area contributed by atoms with E-state index in [1.54, 1.807) is 0 Å². The maximum Gasteiger partial charge on any atom is 0.410 e. The Labute approximate surface area is 227 Å². The van der Waals surface area contributed by atoms with Crippen molar-refractivity contribution >= 4 is 23.7 Å². The summed E-state index contributed by atoms with van der Waals surface area (Å²) in [6, 6.07) is 6.43. The van der Waals surface area contributed by atoms with E-state index in [-0.39, 0.29) is 30.9 Å². The highest BCUT2D eigenvalue weighted by molar-refractivity contribution is 5.96. The standard InChI is InChI=1S/C29H46N4O5/c1-21-20-23(8-9-24(21)26(35)30-13-10-25(34)37-28(2,3)4)32-18-16-31(17-19-32)22-11-14-33(15-12-22)27(36)38-29(5,6)7/h8-9,20,22H,10-19H2,1-7H3,(H,30,35). The van der Waals surface area contributed by atoms with Crippen LogP contribution in [0, 0.1) is 6.92 Å². The predicted octanol–water partition coefficient (Wildman–Crippen LogP) is 3.98. The van der Waals surface area contributed by atoms with E-state index in [9.17, 15) is 14.4 Å². The molecule has 9 heteroatoms. The topological polar surface area (TPSA) is 91.4 Å². The van der Waals surface area contributed by atoms with E-state index in [4.69, 9.17) is 9.47 Å². The number of nitrogens with zero attached hydrogens (tertiary/aromatic N) is 3. The number of benzene rings is 1. The molecule has 0 spiro atoms.